The second-order valence-corrected chi connectivity index (χ2v) is 10.2. The van der Waals surface area contributed by atoms with Crippen molar-refractivity contribution in [3.05, 3.63) is 66.0 Å². The summed E-state index contributed by atoms with van der Waals surface area (Å²) in [7, 11) is -3.50. The minimum atomic E-state index is -3.50. The van der Waals surface area contributed by atoms with Crippen molar-refractivity contribution in [2.45, 2.75) is 61.4 Å². The molecule has 0 spiro atoms. The molecule has 3 aliphatic rings. The van der Waals surface area contributed by atoms with Crippen molar-refractivity contribution in [2.24, 2.45) is 5.92 Å². The van der Waals surface area contributed by atoms with Crippen LogP contribution in [-0.4, -0.2) is 19.4 Å². The summed E-state index contributed by atoms with van der Waals surface area (Å²) in [4.78, 5) is 4.66. The molecule has 2 aliphatic carbocycles. The molecular formula is C23H27N3O2S. The van der Waals surface area contributed by atoms with Crippen LogP contribution in [0.3, 0.4) is 0 Å². The van der Waals surface area contributed by atoms with E-state index in [1.807, 2.05) is 24.4 Å². The van der Waals surface area contributed by atoms with Crippen LogP contribution in [0.2, 0.25) is 0 Å². The Labute approximate surface area is 172 Å². The molecule has 2 N–H and O–H groups in total. The number of aromatic nitrogens is 1. The molecule has 1 fully saturated rings. The van der Waals surface area contributed by atoms with Crippen LogP contribution in [0.1, 0.15) is 61.6 Å². The molecule has 0 bridgehead atoms. The molecule has 0 saturated heterocycles. The predicted octanol–water partition coefficient (Wildman–Crippen LogP) is 4.52. The Balaban J connectivity index is 1.46. The fourth-order valence-corrected chi connectivity index (χ4v) is 6.48. The van der Waals surface area contributed by atoms with Crippen LogP contribution >= 0.6 is 0 Å². The Morgan fingerprint density at radius 2 is 1.97 bits per heavy atom. The van der Waals surface area contributed by atoms with Gasteiger partial charge in [0.2, 0.25) is 10.0 Å². The lowest BCUT2D eigenvalue weighted by molar-refractivity contribution is 0.411. The second kappa shape index (κ2) is 7.58. The van der Waals surface area contributed by atoms with Gasteiger partial charge in [0.15, 0.2) is 0 Å². The van der Waals surface area contributed by atoms with Crippen LogP contribution in [0.4, 0.5) is 5.69 Å². The van der Waals surface area contributed by atoms with Crippen LogP contribution in [0.15, 0.2) is 59.8 Å². The average molecular weight is 410 g/mol. The largest absolute Gasteiger partial charge is 0.378 e. The van der Waals surface area contributed by atoms with Crippen molar-refractivity contribution in [1.82, 2.24) is 9.71 Å². The number of hydrogen-bond donors (Lipinski definition) is 2. The molecule has 2 aromatic rings. The molecule has 5 rings (SSSR count). The molecule has 152 valence electrons. The van der Waals surface area contributed by atoms with Crippen molar-refractivity contribution in [3.8, 4) is 0 Å². The van der Waals surface area contributed by atoms with E-state index in [0.717, 1.165) is 43.4 Å². The lowest BCUT2D eigenvalue weighted by Gasteiger charge is -2.37. The average Bonchev–Trinajstić information content (AvgIpc) is 3.24. The summed E-state index contributed by atoms with van der Waals surface area (Å²) in [6, 6.07) is 9.86. The molecule has 5 nitrogen and oxygen atoms in total. The summed E-state index contributed by atoms with van der Waals surface area (Å²) in [5.41, 5.74) is 3.27. The molecule has 0 radical (unpaired) electrons. The molecule has 29 heavy (non-hydrogen) atoms. The van der Waals surface area contributed by atoms with Crippen LogP contribution in [0, 0.1) is 5.92 Å². The maximum atomic E-state index is 13.0. The number of hydrogen-bond acceptors (Lipinski definition) is 4. The number of allylic oxidation sites excluding steroid dienone is 2. The lowest BCUT2D eigenvalue weighted by atomic mass is 9.77. The first-order chi connectivity index (χ1) is 14.1. The number of fused-ring (bicyclic) bond motifs is 3. The number of anilines is 1. The van der Waals surface area contributed by atoms with Crippen LogP contribution in [-0.2, 0) is 10.0 Å². The highest BCUT2D eigenvalue weighted by Gasteiger charge is 2.38. The highest BCUT2D eigenvalue weighted by molar-refractivity contribution is 7.89. The quantitative estimate of drug-likeness (QED) is 0.729. The molecular weight excluding hydrogens is 382 g/mol. The van der Waals surface area contributed by atoms with E-state index in [9.17, 15) is 8.42 Å². The van der Waals surface area contributed by atoms with Gasteiger partial charge in [0.25, 0.3) is 0 Å². The first-order valence-electron chi connectivity index (χ1n) is 10.6. The van der Waals surface area contributed by atoms with E-state index in [0.29, 0.717) is 10.8 Å². The van der Waals surface area contributed by atoms with Gasteiger partial charge in [-0.2, -0.15) is 0 Å². The third-order valence-corrected chi connectivity index (χ3v) is 8.13. The molecule has 0 amide bonds. The molecule has 1 aromatic carbocycles. The molecule has 1 saturated carbocycles. The van der Waals surface area contributed by atoms with Crippen LogP contribution < -0.4 is 10.0 Å². The lowest BCUT2D eigenvalue weighted by Crippen LogP contribution is -2.36. The topological polar surface area (TPSA) is 71.1 Å². The Morgan fingerprint density at radius 1 is 1.10 bits per heavy atom. The van der Waals surface area contributed by atoms with E-state index < -0.39 is 10.0 Å². The summed E-state index contributed by atoms with van der Waals surface area (Å²) in [5.74, 6) is 0.595. The summed E-state index contributed by atoms with van der Waals surface area (Å²) in [6.45, 7) is 0. The van der Waals surface area contributed by atoms with Gasteiger partial charge < -0.3 is 5.32 Å². The molecule has 3 unspecified atom stereocenters. The van der Waals surface area contributed by atoms with Gasteiger partial charge in [0.05, 0.1) is 10.9 Å². The highest BCUT2D eigenvalue weighted by atomic mass is 32.2. The van der Waals surface area contributed by atoms with E-state index >= 15 is 0 Å². The first kappa shape index (κ1) is 18.8. The van der Waals surface area contributed by atoms with Gasteiger partial charge >= 0.3 is 0 Å². The van der Waals surface area contributed by atoms with Crippen molar-refractivity contribution in [2.75, 3.05) is 5.32 Å². The summed E-state index contributed by atoms with van der Waals surface area (Å²) >= 11 is 0. The third-order valence-electron chi connectivity index (χ3n) is 6.62. The Morgan fingerprint density at radius 3 is 2.76 bits per heavy atom. The van der Waals surface area contributed by atoms with Crippen molar-refractivity contribution < 1.29 is 8.42 Å². The maximum Gasteiger partial charge on any atom is 0.240 e. The number of sulfonamides is 1. The Hall–Kier alpha value is -2.18. The number of nitrogens with zero attached hydrogens (tertiary/aromatic N) is 1. The SMILES string of the molecule is O=S(=O)(NC1CCCCC1)c1ccc2c(c1)C1C=CCC1C(c1cccnc1)N2. The Kier molecular flexibility index (Phi) is 4.92. The number of pyridine rings is 1. The molecule has 1 aliphatic heterocycles. The van der Waals surface area contributed by atoms with E-state index in [-0.39, 0.29) is 18.0 Å². The van der Waals surface area contributed by atoms with E-state index in [1.165, 1.54) is 12.0 Å². The zero-order chi connectivity index (χ0) is 19.8. The molecule has 6 heteroatoms. The van der Waals surface area contributed by atoms with Gasteiger partial charge in [-0.05, 0) is 60.6 Å². The third kappa shape index (κ3) is 3.60. The van der Waals surface area contributed by atoms with E-state index in [4.69, 9.17) is 0 Å². The summed E-state index contributed by atoms with van der Waals surface area (Å²) in [5, 5.41) is 3.65. The van der Waals surface area contributed by atoms with Crippen molar-refractivity contribution >= 4 is 15.7 Å². The second-order valence-electron chi connectivity index (χ2n) is 8.47. The summed E-state index contributed by atoms with van der Waals surface area (Å²) < 4.78 is 29.0. The van der Waals surface area contributed by atoms with E-state index in [2.05, 4.69) is 33.2 Å². The minimum Gasteiger partial charge on any atom is -0.378 e. The van der Waals surface area contributed by atoms with Gasteiger partial charge in [-0.3, -0.25) is 4.98 Å². The van der Waals surface area contributed by atoms with Gasteiger partial charge in [-0.1, -0.05) is 37.5 Å². The van der Waals surface area contributed by atoms with Gasteiger partial charge in [0.1, 0.15) is 0 Å². The first-order valence-corrected chi connectivity index (χ1v) is 12.1. The van der Waals surface area contributed by atoms with E-state index in [1.54, 1.807) is 12.3 Å². The van der Waals surface area contributed by atoms with Gasteiger partial charge in [-0.25, -0.2) is 13.1 Å². The molecule has 3 atom stereocenters. The minimum absolute atomic E-state index is 0.0667. The highest BCUT2D eigenvalue weighted by Crippen LogP contribution is 2.50. The fraction of sp³-hybridized carbons (Fsp3) is 0.435. The zero-order valence-corrected chi connectivity index (χ0v) is 17.2. The van der Waals surface area contributed by atoms with Crippen molar-refractivity contribution in [1.29, 1.82) is 0 Å². The molecule has 2 heterocycles. The number of nitrogens with one attached hydrogen (secondary N) is 2. The standard InChI is InChI=1S/C23H27N3O2S/c27-29(28,26-17-7-2-1-3-8-17)18-11-12-22-21(14-18)19-9-4-10-20(19)23(25-22)16-6-5-13-24-15-16/h4-6,9,11-15,17,19-20,23,25-26H,1-3,7-8,10H2. The van der Waals surface area contributed by atoms with Gasteiger partial charge in [-0.15, -0.1) is 0 Å². The van der Waals surface area contributed by atoms with Crippen LogP contribution in [0.5, 0.6) is 0 Å². The molecule has 1 aromatic heterocycles. The normalized spacial score (nSPS) is 26.6. The smallest absolute Gasteiger partial charge is 0.240 e. The number of rotatable bonds is 4. The number of benzene rings is 1. The zero-order valence-electron chi connectivity index (χ0n) is 16.4. The maximum absolute atomic E-state index is 13.0. The van der Waals surface area contributed by atoms with Crippen molar-refractivity contribution in [3.63, 3.8) is 0 Å². The summed E-state index contributed by atoms with van der Waals surface area (Å²) in [6.07, 6.45) is 14.4. The Bertz CT molecular complexity index is 1010. The fourth-order valence-electron chi connectivity index (χ4n) is 5.14. The predicted molar refractivity (Wildman–Crippen MR) is 114 cm³/mol. The van der Waals surface area contributed by atoms with Crippen LogP contribution in [0.25, 0.3) is 0 Å². The monoisotopic (exact) mass is 409 g/mol. The van der Waals surface area contributed by atoms with Gasteiger partial charge in [0, 0.05) is 30.0 Å².